The molecule has 0 aliphatic heterocycles. The van der Waals surface area contributed by atoms with E-state index in [-0.39, 0.29) is 15.4 Å². The van der Waals surface area contributed by atoms with E-state index in [4.69, 9.17) is 0 Å². The number of fused-ring (bicyclic) bond motifs is 1. The molecule has 0 bridgehead atoms. The standard InChI is InChI=1S/C33H41N5O6S3/c1-5-19-37(20-6-2)46(41,42)27-14-9-24(10-15-27)31(39)34-26-13-18-29-30(23-26)45-33(35-29)36-32(40)25-11-16-28(17-12-25)47(43,44)38(21-7-3)22-8-4/h9-18,23H,5-8,19-22H2,1-4H3,(H,34,39)(H,35,36,40). The maximum Gasteiger partial charge on any atom is 0.257 e. The molecule has 0 saturated carbocycles. The summed E-state index contributed by atoms with van der Waals surface area (Å²) >= 11 is 1.23. The van der Waals surface area contributed by atoms with Crippen LogP contribution in [-0.2, 0) is 20.0 Å². The van der Waals surface area contributed by atoms with Crippen molar-refractivity contribution in [2.45, 2.75) is 63.2 Å². The van der Waals surface area contributed by atoms with E-state index < -0.39 is 31.9 Å². The average Bonchev–Trinajstić information content (AvgIpc) is 3.46. The zero-order chi connectivity index (χ0) is 34.2. The second kappa shape index (κ2) is 15.9. The number of nitrogens with zero attached hydrogens (tertiary/aromatic N) is 3. The van der Waals surface area contributed by atoms with Gasteiger partial charge in [-0.3, -0.25) is 14.9 Å². The number of carbonyl (C=O) groups is 2. The summed E-state index contributed by atoms with van der Waals surface area (Å²) in [5, 5.41) is 5.94. The summed E-state index contributed by atoms with van der Waals surface area (Å²) in [6.45, 7) is 9.44. The average molecular weight is 700 g/mol. The number of anilines is 2. The summed E-state index contributed by atoms with van der Waals surface area (Å²) in [5.41, 5.74) is 1.72. The van der Waals surface area contributed by atoms with Gasteiger partial charge in [0.2, 0.25) is 20.0 Å². The summed E-state index contributed by atoms with van der Waals surface area (Å²) in [6.07, 6.45) is 2.82. The fourth-order valence-corrected chi connectivity index (χ4v) is 9.13. The van der Waals surface area contributed by atoms with Gasteiger partial charge in [0, 0.05) is 43.0 Å². The Morgan fingerprint density at radius 2 is 1.06 bits per heavy atom. The van der Waals surface area contributed by atoms with E-state index >= 15 is 0 Å². The van der Waals surface area contributed by atoms with Crippen molar-refractivity contribution in [3.63, 3.8) is 0 Å². The van der Waals surface area contributed by atoms with Gasteiger partial charge in [0.25, 0.3) is 11.8 Å². The number of nitrogens with one attached hydrogen (secondary N) is 2. The Kier molecular flexibility index (Phi) is 12.3. The van der Waals surface area contributed by atoms with Gasteiger partial charge in [-0.2, -0.15) is 8.61 Å². The molecule has 1 heterocycles. The molecule has 0 fully saturated rings. The third-order valence-electron chi connectivity index (χ3n) is 7.27. The van der Waals surface area contributed by atoms with Crippen molar-refractivity contribution in [1.29, 1.82) is 0 Å². The van der Waals surface area contributed by atoms with Gasteiger partial charge < -0.3 is 5.32 Å². The molecule has 0 radical (unpaired) electrons. The van der Waals surface area contributed by atoms with E-state index in [0.717, 1.165) is 4.70 Å². The number of amides is 2. The van der Waals surface area contributed by atoms with Gasteiger partial charge in [0.15, 0.2) is 5.13 Å². The number of hydrogen-bond donors (Lipinski definition) is 2. The van der Waals surface area contributed by atoms with Crippen LogP contribution >= 0.6 is 11.3 Å². The molecule has 14 heteroatoms. The van der Waals surface area contributed by atoms with Crippen molar-refractivity contribution in [1.82, 2.24) is 13.6 Å². The highest BCUT2D eigenvalue weighted by Gasteiger charge is 2.24. The van der Waals surface area contributed by atoms with E-state index in [0.29, 0.717) is 73.8 Å². The van der Waals surface area contributed by atoms with E-state index in [1.807, 2.05) is 27.7 Å². The van der Waals surface area contributed by atoms with Crippen molar-refractivity contribution in [3.05, 3.63) is 77.9 Å². The molecular weight excluding hydrogens is 659 g/mol. The second-order valence-corrected chi connectivity index (χ2v) is 15.9. The lowest BCUT2D eigenvalue weighted by Crippen LogP contribution is -2.32. The highest BCUT2D eigenvalue weighted by molar-refractivity contribution is 7.89. The monoisotopic (exact) mass is 699 g/mol. The van der Waals surface area contributed by atoms with Crippen LogP contribution in [0.4, 0.5) is 10.8 Å². The molecule has 0 aliphatic rings. The predicted molar refractivity (Wildman–Crippen MR) is 187 cm³/mol. The van der Waals surface area contributed by atoms with E-state index in [1.54, 1.807) is 18.2 Å². The lowest BCUT2D eigenvalue weighted by molar-refractivity contribution is 0.101. The lowest BCUT2D eigenvalue weighted by Gasteiger charge is -2.21. The maximum atomic E-state index is 13.0. The quantitative estimate of drug-likeness (QED) is 0.137. The smallest absolute Gasteiger partial charge is 0.257 e. The number of benzene rings is 3. The zero-order valence-corrected chi connectivity index (χ0v) is 29.5. The normalized spacial score (nSPS) is 12.1. The Morgan fingerprint density at radius 1 is 0.638 bits per heavy atom. The molecule has 1 aromatic heterocycles. The number of aromatic nitrogens is 1. The Hall–Kier alpha value is -3.69. The molecule has 2 N–H and O–H groups in total. The molecule has 0 atom stereocenters. The third-order valence-corrected chi connectivity index (χ3v) is 12.0. The molecule has 252 valence electrons. The van der Waals surface area contributed by atoms with Crippen molar-refractivity contribution in [2.75, 3.05) is 36.8 Å². The Bertz CT molecular complexity index is 1790. The Balaban J connectivity index is 1.42. The van der Waals surface area contributed by atoms with Crippen LogP contribution in [0, 0.1) is 0 Å². The molecule has 0 unspecified atom stereocenters. The van der Waals surface area contributed by atoms with Crippen LogP contribution in [0.5, 0.6) is 0 Å². The fourth-order valence-electron chi connectivity index (χ4n) is 4.99. The van der Waals surface area contributed by atoms with E-state index in [9.17, 15) is 26.4 Å². The van der Waals surface area contributed by atoms with Gasteiger partial charge in [-0.1, -0.05) is 39.0 Å². The molecule has 2 amide bonds. The van der Waals surface area contributed by atoms with Gasteiger partial charge in [-0.25, -0.2) is 21.8 Å². The number of carbonyl (C=O) groups excluding carboxylic acids is 2. The summed E-state index contributed by atoms with van der Waals surface area (Å²) in [4.78, 5) is 30.7. The van der Waals surface area contributed by atoms with Crippen LogP contribution in [0.3, 0.4) is 0 Å². The van der Waals surface area contributed by atoms with Gasteiger partial charge >= 0.3 is 0 Å². The summed E-state index contributed by atoms with van der Waals surface area (Å²) in [5.74, 6) is -0.832. The molecule has 0 spiro atoms. The Morgan fingerprint density at radius 3 is 1.49 bits per heavy atom. The molecule has 0 aliphatic carbocycles. The maximum absolute atomic E-state index is 13.0. The number of thiazole rings is 1. The van der Waals surface area contributed by atoms with E-state index in [2.05, 4.69) is 15.6 Å². The first kappa shape index (κ1) is 36.2. The van der Waals surface area contributed by atoms with Crippen LogP contribution in [0.25, 0.3) is 10.2 Å². The van der Waals surface area contributed by atoms with Gasteiger partial charge in [-0.15, -0.1) is 0 Å². The molecule has 47 heavy (non-hydrogen) atoms. The van der Waals surface area contributed by atoms with Crippen molar-refractivity contribution in [2.24, 2.45) is 0 Å². The van der Waals surface area contributed by atoms with Crippen LogP contribution in [0.1, 0.15) is 74.1 Å². The minimum absolute atomic E-state index is 0.136. The first-order chi connectivity index (χ1) is 22.4. The molecule has 0 saturated heterocycles. The fraction of sp³-hybridized carbons (Fsp3) is 0.364. The minimum Gasteiger partial charge on any atom is -0.322 e. The topological polar surface area (TPSA) is 146 Å². The van der Waals surface area contributed by atoms with Crippen LogP contribution in [-0.4, -0.2) is 68.4 Å². The zero-order valence-electron chi connectivity index (χ0n) is 27.0. The highest BCUT2D eigenvalue weighted by Crippen LogP contribution is 2.29. The van der Waals surface area contributed by atoms with Crippen molar-refractivity contribution < 1.29 is 26.4 Å². The van der Waals surface area contributed by atoms with Gasteiger partial charge in [0.1, 0.15) is 0 Å². The number of sulfonamides is 2. The summed E-state index contributed by atoms with van der Waals surface area (Å²) in [6, 6.07) is 16.9. The first-order valence-corrected chi connectivity index (χ1v) is 19.4. The van der Waals surface area contributed by atoms with Crippen LogP contribution < -0.4 is 10.6 Å². The molecule has 4 aromatic rings. The molecule has 11 nitrogen and oxygen atoms in total. The van der Waals surface area contributed by atoms with Crippen molar-refractivity contribution >= 4 is 64.2 Å². The van der Waals surface area contributed by atoms with Crippen molar-refractivity contribution in [3.8, 4) is 0 Å². The second-order valence-electron chi connectivity index (χ2n) is 11.0. The minimum atomic E-state index is -3.65. The molecule has 3 aromatic carbocycles. The van der Waals surface area contributed by atoms with Crippen LogP contribution in [0.2, 0.25) is 0 Å². The number of hydrogen-bond acceptors (Lipinski definition) is 8. The number of rotatable bonds is 16. The SMILES string of the molecule is CCCN(CCC)S(=O)(=O)c1ccc(C(=O)Nc2ccc3nc(NC(=O)c4ccc(S(=O)(=O)N(CCC)CCC)cc4)sc3c2)cc1. The molecule has 4 rings (SSSR count). The van der Waals surface area contributed by atoms with E-state index in [1.165, 1.54) is 68.5 Å². The largest absolute Gasteiger partial charge is 0.322 e. The first-order valence-electron chi connectivity index (χ1n) is 15.7. The summed E-state index contributed by atoms with van der Waals surface area (Å²) < 4.78 is 55.8. The highest BCUT2D eigenvalue weighted by atomic mass is 32.2. The van der Waals surface area contributed by atoms with Gasteiger partial charge in [-0.05, 0) is 92.4 Å². The van der Waals surface area contributed by atoms with Crippen LogP contribution in [0.15, 0.2) is 76.5 Å². The molecular formula is C33H41N5O6S3. The third kappa shape index (κ3) is 8.62. The lowest BCUT2D eigenvalue weighted by atomic mass is 10.2. The predicted octanol–water partition coefficient (Wildman–Crippen LogP) is 6.42. The van der Waals surface area contributed by atoms with Gasteiger partial charge in [0.05, 0.1) is 20.0 Å². The Labute approximate surface area is 281 Å². The summed E-state index contributed by atoms with van der Waals surface area (Å²) in [7, 11) is -7.30.